The van der Waals surface area contributed by atoms with Gasteiger partial charge in [-0.3, -0.25) is 9.89 Å². The number of hydrogen-bond donors (Lipinski definition) is 2. The lowest BCUT2D eigenvalue weighted by Crippen LogP contribution is -2.12. The molecule has 0 radical (unpaired) electrons. The standard InChI is InChI=1S/C22H18ClN3O2/c1-2-28-20-9-4-3-8-17(20)14-10-11-18-19(13-14)25-26-21(18)24-22(27)15-6-5-7-16(23)12-15/h3-13H,2H2,1H3,(H2,24,25,26,27). The average molecular weight is 392 g/mol. The Labute approximate surface area is 167 Å². The fourth-order valence-corrected chi connectivity index (χ4v) is 3.27. The highest BCUT2D eigenvalue weighted by atomic mass is 35.5. The fraction of sp³-hybridized carbons (Fsp3) is 0.0909. The van der Waals surface area contributed by atoms with E-state index in [1.807, 2.05) is 49.4 Å². The molecule has 0 unspecified atom stereocenters. The molecule has 0 spiro atoms. The van der Waals surface area contributed by atoms with Crippen LogP contribution in [0.1, 0.15) is 17.3 Å². The molecular weight excluding hydrogens is 374 g/mol. The van der Waals surface area contributed by atoms with Crippen molar-refractivity contribution in [2.75, 3.05) is 11.9 Å². The summed E-state index contributed by atoms with van der Waals surface area (Å²) in [6.45, 7) is 2.56. The number of halogens is 1. The van der Waals surface area contributed by atoms with Crippen LogP contribution in [0.15, 0.2) is 66.7 Å². The van der Waals surface area contributed by atoms with Gasteiger partial charge in [-0.2, -0.15) is 5.10 Å². The number of nitrogens with one attached hydrogen (secondary N) is 2. The normalized spacial score (nSPS) is 10.8. The lowest BCUT2D eigenvalue weighted by atomic mass is 10.0. The van der Waals surface area contributed by atoms with Gasteiger partial charge in [0, 0.05) is 21.5 Å². The first-order valence-electron chi connectivity index (χ1n) is 8.93. The Hall–Kier alpha value is -3.31. The smallest absolute Gasteiger partial charge is 0.256 e. The van der Waals surface area contributed by atoms with Gasteiger partial charge in [-0.05, 0) is 48.9 Å². The van der Waals surface area contributed by atoms with Gasteiger partial charge in [-0.15, -0.1) is 0 Å². The van der Waals surface area contributed by atoms with Crippen molar-refractivity contribution in [2.24, 2.45) is 0 Å². The lowest BCUT2D eigenvalue weighted by Gasteiger charge is -2.10. The van der Waals surface area contributed by atoms with E-state index in [9.17, 15) is 4.79 Å². The van der Waals surface area contributed by atoms with Crippen molar-refractivity contribution in [1.29, 1.82) is 0 Å². The van der Waals surface area contributed by atoms with E-state index >= 15 is 0 Å². The number of anilines is 1. The fourth-order valence-electron chi connectivity index (χ4n) is 3.08. The number of fused-ring (bicyclic) bond motifs is 1. The first kappa shape index (κ1) is 18.1. The molecule has 1 aromatic heterocycles. The monoisotopic (exact) mass is 391 g/mol. The van der Waals surface area contributed by atoms with Crippen molar-refractivity contribution in [1.82, 2.24) is 10.2 Å². The largest absolute Gasteiger partial charge is 0.493 e. The van der Waals surface area contributed by atoms with Gasteiger partial charge in [0.2, 0.25) is 0 Å². The molecule has 28 heavy (non-hydrogen) atoms. The second-order valence-corrected chi connectivity index (χ2v) is 6.66. The molecule has 0 aliphatic heterocycles. The second kappa shape index (κ2) is 7.74. The van der Waals surface area contributed by atoms with Crippen molar-refractivity contribution in [2.45, 2.75) is 6.92 Å². The molecule has 4 aromatic rings. The number of benzene rings is 3. The Morgan fingerprint density at radius 1 is 1.11 bits per heavy atom. The quantitative estimate of drug-likeness (QED) is 0.469. The molecule has 5 nitrogen and oxygen atoms in total. The summed E-state index contributed by atoms with van der Waals surface area (Å²) >= 11 is 5.96. The minimum atomic E-state index is -0.262. The molecule has 1 heterocycles. The molecule has 0 fully saturated rings. The van der Waals surface area contributed by atoms with Gasteiger partial charge < -0.3 is 10.1 Å². The summed E-state index contributed by atoms with van der Waals surface area (Å²) in [6, 6.07) is 20.6. The number of aromatic nitrogens is 2. The SMILES string of the molecule is CCOc1ccccc1-c1ccc2c(NC(=O)c3cccc(Cl)c3)n[nH]c2c1. The van der Waals surface area contributed by atoms with Crippen LogP contribution in [-0.2, 0) is 0 Å². The summed E-state index contributed by atoms with van der Waals surface area (Å²) in [4.78, 5) is 12.5. The van der Waals surface area contributed by atoms with Gasteiger partial charge in [0.15, 0.2) is 5.82 Å². The number of carbonyl (C=O) groups is 1. The number of amides is 1. The van der Waals surface area contributed by atoms with Crippen LogP contribution < -0.4 is 10.1 Å². The van der Waals surface area contributed by atoms with Crippen molar-refractivity contribution >= 4 is 34.2 Å². The van der Waals surface area contributed by atoms with Crippen molar-refractivity contribution in [3.8, 4) is 16.9 Å². The molecule has 0 saturated heterocycles. The highest BCUT2D eigenvalue weighted by molar-refractivity contribution is 6.31. The van der Waals surface area contributed by atoms with Gasteiger partial charge in [0.05, 0.1) is 12.1 Å². The number of aromatic amines is 1. The van der Waals surface area contributed by atoms with Gasteiger partial charge in [-0.1, -0.05) is 41.9 Å². The van der Waals surface area contributed by atoms with E-state index in [2.05, 4.69) is 15.5 Å². The van der Waals surface area contributed by atoms with E-state index in [-0.39, 0.29) is 5.91 Å². The van der Waals surface area contributed by atoms with E-state index in [1.165, 1.54) is 0 Å². The number of hydrogen-bond acceptors (Lipinski definition) is 3. The molecule has 0 aliphatic rings. The Morgan fingerprint density at radius 2 is 1.96 bits per heavy atom. The van der Waals surface area contributed by atoms with Gasteiger partial charge >= 0.3 is 0 Å². The summed E-state index contributed by atoms with van der Waals surface area (Å²) in [5.74, 6) is 1.05. The van der Waals surface area contributed by atoms with Crippen LogP contribution in [0.4, 0.5) is 5.82 Å². The van der Waals surface area contributed by atoms with Gasteiger partial charge in [0.25, 0.3) is 5.91 Å². The predicted octanol–water partition coefficient (Wildman–Crippen LogP) is 5.53. The molecule has 6 heteroatoms. The van der Waals surface area contributed by atoms with E-state index in [0.29, 0.717) is 23.0 Å². The summed E-state index contributed by atoms with van der Waals surface area (Å²) in [7, 11) is 0. The highest BCUT2D eigenvalue weighted by Gasteiger charge is 2.13. The van der Waals surface area contributed by atoms with Crippen molar-refractivity contribution in [3.63, 3.8) is 0 Å². The number of ether oxygens (including phenoxy) is 1. The van der Waals surface area contributed by atoms with Crippen LogP contribution in [0.5, 0.6) is 5.75 Å². The third-order valence-corrected chi connectivity index (χ3v) is 4.61. The van der Waals surface area contributed by atoms with Crippen molar-refractivity contribution < 1.29 is 9.53 Å². The van der Waals surface area contributed by atoms with Crippen LogP contribution in [0.2, 0.25) is 5.02 Å². The van der Waals surface area contributed by atoms with E-state index in [1.54, 1.807) is 24.3 Å². The zero-order valence-corrected chi connectivity index (χ0v) is 16.0. The maximum Gasteiger partial charge on any atom is 0.256 e. The van der Waals surface area contributed by atoms with Crippen molar-refractivity contribution in [3.05, 3.63) is 77.3 Å². The number of H-pyrrole nitrogens is 1. The molecule has 140 valence electrons. The minimum absolute atomic E-state index is 0.262. The number of rotatable bonds is 5. The molecule has 2 N–H and O–H groups in total. The molecule has 0 aliphatic carbocycles. The maximum absolute atomic E-state index is 12.5. The first-order valence-corrected chi connectivity index (χ1v) is 9.30. The molecule has 3 aromatic carbocycles. The lowest BCUT2D eigenvalue weighted by molar-refractivity contribution is 0.102. The summed E-state index contributed by atoms with van der Waals surface area (Å²) in [6.07, 6.45) is 0. The third-order valence-electron chi connectivity index (χ3n) is 4.38. The van der Waals surface area contributed by atoms with Gasteiger partial charge in [-0.25, -0.2) is 0 Å². The maximum atomic E-state index is 12.5. The minimum Gasteiger partial charge on any atom is -0.493 e. The topological polar surface area (TPSA) is 67.0 Å². The molecule has 0 bridgehead atoms. The Morgan fingerprint density at radius 3 is 2.79 bits per heavy atom. The Balaban J connectivity index is 1.65. The van der Waals surface area contributed by atoms with Crippen LogP contribution in [0.25, 0.3) is 22.0 Å². The summed E-state index contributed by atoms with van der Waals surface area (Å²) in [5, 5.41) is 11.4. The van der Waals surface area contributed by atoms with E-state index in [0.717, 1.165) is 27.8 Å². The van der Waals surface area contributed by atoms with E-state index in [4.69, 9.17) is 16.3 Å². The molecular formula is C22H18ClN3O2. The molecule has 1 amide bonds. The first-order chi connectivity index (χ1) is 13.7. The van der Waals surface area contributed by atoms with Crippen LogP contribution in [0, 0.1) is 0 Å². The third kappa shape index (κ3) is 3.57. The summed E-state index contributed by atoms with van der Waals surface area (Å²) in [5.41, 5.74) is 3.31. The Bertz CT molecular complexity index is 1150. The summed E-state index contributed by atoms with van der Waals surface area (Å²) < 4.78 is 5.73. The molecule has 4 rings (SSSR count). The zero-order chi connectivity index (χ0) is 19.5. The second-order valence-electron chi connectivity index (χ2n) is 6.23. The predicted molar refractivity (Wildman–Crippen MR) is 112 cm³/mol. The van der Waals surface area contributed by atoms with Crippen LogP contribution >= 0.6 is 11.6 Å². The number of nitrogens with zero attached hydrogens (tertiary/aromatic N) is 1. The van der Waals surface area contributed by atoms with Crippen LogP contribution in [-0.4, -0.2) is 22.7 Å². The number of para-hydroxylation sites is 1. The van der Waals surface area contributed by atoms with Crippen LogP contribution in [0.3, 0.4) is 0 Å². The zero-order valence-electron chi connectivity index (χ0n) is 15.2. The Kier molecular flexibility index (Phi) is 5.00. The molecule has 0 saturated carbocycles. The highest BCUT2D eigenvalue weighted by Crippen LogP contribution is 2.33. The molecule has 0 atom stereocenters. The van der Waals surface area contributed by atoms with E-state index < -0.39 is 0 Å². The number of carbonyl (C=O) groups excluding carboxylic acids is 1. The van der Waals surface area contributed by atoms with Gasteiger partial charge in [0.1, 0.15) is 5.75 Å². The average Bonchev–Trinajstić information content (AvgIpc) is 3.10.